The summed E-state index contributed by atoms with van der Waals surface area (Å²) in [6.07, 6.45) is 2.35. The van der Waals surface area contributed by atoms with Gasteiger partial charge in [-0.25, -0.2) is 0 Å². The topological polar surface area (TPSA) is 60.4 Å². The van der Waals surface area contributed by atoms with Crippen LogP contribution in [0, 0.1) is 17.8 Å². The van der Waals surface area contributed by atoms with E-state index in [9.17, 15) is 14.4 Å². The van der Waals surface area contributed by atoms with Gasteiger partial charge >= 0.3 is 11.9 Å². The van der Waals surface area contributed by atoms with E-state index in [1.54, 1.807) is 6.08 Å². The van der Waals surface area contributed by atoms with Crippen LogP contribution in [0.1, 0.15) is 6.42 Å². The minimum Gasteiger partial charge on any atom is -0.392 e. The molecule has 3 atom stereocenters. The van der Waals surface area contributed by atoms with Crippen molar-refractivity contribution in [2.24, 2.45) is 17.8 Å². The summed E-state index contributed by atoms with van der Waals surface area (Å²) in [6, 6.07) is 0. The number of ether oxygens (including phenoxy) is 1. The van der Waals surface area contributed by atoms with Gasteiger partial charge in [-0.05, 0) is 6.42 Å². The van der Waals surface area contributed by atoms with Crippen LogP contribution in [0.3, 0.4) is 0 Å². The van der Waals surface area contributed by atoms with Crippen LogP contribution in [0.2, 0.25) is 0 Å². The predicted molar refractivity (Wildman–Crippen MR) is 39.3 cm³/mol. The highest BCUT2D eigenvalue weighted by Gasteiger charge is 2.61. The third-order valence-corrected chi connectivity index (χ3v) is 3.07. The van der Waals surface area contributed by atoms with Gasteiger partial charge in [0.15, 0.2) is 5.78 Å². The van der Waals surface area contributed by atoms with Crippen LogP contribution in [0.25, 0.3) is 0 Å². The SMILES string of the molecule is O=C1C2=CCC1C1C(=O)OC(=O)C21. The van der Waals surface area contributed by atoms with Crippen LogP contribution in [0.4, 0.5) is 0 Å². The Hall–Kier alpha value is -1.45. The first kappa shape index (κ1) is 7.00. The quantitative estimate of drug-likeness (QED) is 0.381. The number of esters is 2. The number of carbonyl (C=O) groups excluding carboxylic acids is 3. The molecule has 0 amide bonds. The van der Waals surface area contributed by atoms with Crippen molar-refractivity contribution in [2.75, 3.05) is 0 Å². The molecule has 0 aromatic rings. The number of carbonyl (C=O) groups is 3. The van der Waals surface area contributed by atoms with Crippen molar-refractivity contribution in [3.63, 3.8) is 0 Å². The van der Waals surface area contributed by atoms with E-state index in [1.165, 1.54) is 0 Å². The normalized spacial score (nSPS) is 40.8. The third kappa shape index (κ3) is 0.610. The van der Waals surface area contributed by atoms with Crippen LogP contribution in [-0.4, -0.2) is 17.7 Å². The second-order valence-corrected chi connectivity index (χ2v) is 3.61. The Balaban J connectivity index is 2.16. The summed E-state index contributed by atoms with van der Waals surface area (Å²) in [5.41, 5.74) is 0.505. The number of hydrogen-bond donors (Lipinski definition) is 0. The molecule has 0 radical (unpaired) electrons. The van der Waals surface area contributed by atoms with Crippen molar-refractivity contribution in [3.8, 4) is 0 Å². The van der Waals surface area contributed by atoms with Gasteiger partial charge < -0.3 is 4.74 Å². The van der Waals surface area contributed by atoms with E-state index in [-0.39, 0.29) is 11.7 Å². The molecule has 1 saturated heterocycles. The maximum absolute atomic E-state index is 11.4. The molecule has 1 saturated carbocycles. The zero-order valence-electron chi connectivity index (χ0n) is 6.65. The molecular weight excluding hydrogens is 172 g/mol. The molecular formula is C9H6O4. The largest absolute Gasteiger partial charge is 0.392 e. The van der Waals surface area contributed by atoms with Crippen molar-refractivity contribution in [3.05, 3.63) is 11.6 Å². The molecule has 2 bridgehead atoms. The van der Waals surface area contributed by atoms with Gasteiger partial charge in [0.1, 0.15) is 0 Å². The first-order valence-electron chi connectivity index (χ1n) is 4.20. The lowest BCUT2D eigenvalue weighted by atomic mass is 9.86. The van der Waals surface area contributed by atoms with Crippen molar-refractivity contribution in [2.45, 2.75) is 6.42 Å². The first-order valence-corrected chi connectivity index (χ1v) is 4.20. The summed E-state index contributed by atoms with van der Waals surface area (Å²) in [5.74, 6) is -2.47. The van der Waals surface area contributed by atoms with E-state index in [4.69, 9.17) is 0 Å². The van der Waals surface area contributed by atoms with Crippen molar-refractivity contribution in [1.82, 2.24) is 0 Å². The Morgan fingerprint density at radius 2 is 2.00 bits per heavy atom. The summed E-state index contributed by atoms with van der Waals surface area (Å²) in [4.78, 5) is 33.8. The van der Waals surface area contributed by atoms with Crippen molar-refractivity contribution >= 4 is 17.7 Å². The van der Waals surface area contributed by atoms with E-state index in [0.717, 1.165) is 0 Å². The molecule has 1 heterocycles. The Bertz CT molecular complexity index is 379. The van der Waals surface area contributed by atoms with Gasteiger partial charge in [-0.3, -0.25) is 14.4 Å². The van der Waals surface area contributed by atoms with Gasteiger partial charge in [0.2, 0.25) is 0 Å². The predicted octanol–water partition coefficient (Wildman–Crippen LogP) is -0.169. The van der Waals surface area contributed by atoms with Crippen LogP contribution >= 0.6 is 0 Å². The fourth-order valence-corrected chi connectivity index (χ4v) is 2.50. The second kappa shape index (κ2) is 1.89. The number of hydrogen-bond acceptors (Lipinski definition) is 4. The van der Waals surface area contributed by atoms with E-state index in [2.05, 4.69) is 4.74 Å². The smallest absolute Gasteiger partial charge is 0.322 e. The molecule has 0 aromatic heterocycles. The van der Waals surface area contributed by atoms with Gasteiger partial charge in [0.25, 0.3) is 0 Å². The lowest BCUT2D eigenvalue weighted by Crippen LogP contribution is -2.21. The first-order chi connectivity index (χ1) is 6.20. The maximum atomic E-state index is 11.4. The molecule has 3 rings (SSSR count). The number of allylic oxidation sites excluding steroid dienone is 1. The standard InChI is InChI=1S/C9H6O4/c10-7-3-1-2-4(7)6-5(3)8(11)13-9(6)12/h1,4-6H,2H2. The summed E-state index contributed by atoms with van der Waals surface area (Å²) >= 11 is 0. The van der Waals surface area contributed by atoms with Crippen LogP contribution in [-0.2, 0) is 19.1 Å². The molecule has 0 aromatic carbocycles. The van der Waals surface area contributed by atoms with Crippen molar-refractivity contribution < 1.29 is 19.1 Å². The molecule has 4 nitrogen and oxygen atoms in total. The molecule has 4 heteroatoms. The molecule has 66 valence electrons. The average molecular weight is 178 g/mol. The lowest BCUT2D eigenvalue weighted by molar-refractivity contribution is -0.155. The maximum Gasteiger partial charge on any atom is 0.322 e. The lowest BCUT2D eigenvalue weighted by Gasteiger charge is -2.10. The zero-order valence-corrected chi connectivity index (χ0v) is 6.65. The highest BCUT2D eigenvalue weighted by atomic mass is 16.6. The van der Waals surface area contributed by atoms with E-state index < -0.39 is 23.8 Å². The Kier molecular flexibility index (Phi) is 1.02. The number of Topliss-reactive ketones (excluding diaryl/α,β-unsaturated/α-hetero) is 1. The monoisotopic (exact) mass is 178 g/mol. The number of rotatable bonds is 0. The van der Waals surface area contributed by atoms with Crippen molar-refractivity contribution in [1.29, 1.82) is 0 Å². The van der Waals surface area contributed by atoms with Gasteiger partial charge in [-0.15, -0.1) is 0 Å². The molecule has 2 fully saturated rings. The third-order valence-electron chi connectivity index (χ3n) is 3.07. The number of ketones is 1. The number of fused-ring (bicyclic) bond motifs is 5. The molecule has 0 spiro atoms. The molecule has 13 heavy (non-hydrogen) atoms. The van der Waals surface area contributed by atoms with Crippen LogP contribution in [0.15, 0.2) is 11.6 Å². The summed E-state index contributed by atoms with van der Waals surface area (Å²) in [6.45, 7) is 0. The Labute approximate surface area is 73.5 Å². The Morgan fingerprint density at radius 1 is 1.23 bits per heavy atom. The minimum atomic E-state index is -0.571. The summed E-state index contributed by atoms with van der Waals surface area (Å²) in [5, 5.41) is 0. The second-order valence-electron chi connectivity index (χ2n) is 3.61. The molecule has 1 aliphatic heterocycles. The molecule has 3 aliphatic rings. The molecule has 3 unspecified atom stereocenters. The van der Waals surface area contributed by atoms with Crippen LogP contribution < -0.4 is 0 Å². The van der Waals surface area contributed by atoms with Crippen LogP contribution in [0.5, 0.6) is 0 Å². The van der Waals surface area contributed by atoms with E-state index in [0.29, 0.717) is 12.0 Å². The number of cyclic esters (lactones) is 2. The Morgan fingerprint density at radius 3 is 2.69 bits per heavy atom. The van der Waals surface area contributed by atoms with Gasteiger partial charge in [-0.2, -0.15) is 0 Å². The highest BCUT2D eigenvalue weighted by Crippen LogP contribution is 2.49. The molecule has 2 aliphatic carbocycles. The van der Waals surface area contributed by atoms with Gasteiger partial charge in [0.05, 0.1) is 11.8 Å². The minimum absolute atomic E-state index is 0.0278. The zero-order chi connectivity index (χ0) is 9.16. The fraction of sp³-hybridized carbons (Fsp3) is 0.444. The summed E-state index contributed by atoms with van der Waals surface area (Å²) < 4.78 is 4.49. The summed E-state index contributed by atoms with van der Waals surface area (Å²) in [7, 11) is 0. The van der Waals surface area contributed by atoms with E-state index >= 15 is 0 Å². The van der Waals surface area contributed by atoms with Gasteiger partial charge in [0, 0.05) is 11.5 Å². The van der Waals surface area contributed by atoms with E-state index in [1.807, 2.05) is 0 Å². The van der Waals surface area contributed by atoms with Gasteiger partial charge in [-0.1, -0.05) is 6.08 Å². The fourth-order valence-electron chi connectivity index (χ4n) is 2.50. The molecule has 0 N–H and O–H groups in total. The average Bonchev–Trinajstić information content (AvgIpc) is 2.67. The highest BCUT2D eigenvalue weighted by molar-refractivity contribution is 6.15.